The molecule has 0 aliphatic heterocycles. The van der Waals surface area contributed by atoms with Crippen LogP contribution in [-0.4, -0.2) is 52.1 Å². The van der Waals surface area contributed by atoms with Gasteiger partial charge in [-0.15, -0.1) is 20.4 Å². The molecule has 4 rings (SSSR count). The molecule has 176 valence electrons. The number of carbonyl (C=O) groups is 1. The van der Waals surface area contributed by atoms with Gasteiger partial charge in [-0.25, -0.2) is 14.5 Å². The zero-order valence-corrected chi connectivity index (χ0v) is 18.3. The number of aromatic nitrogens is 8. The molecule has 0 aliphatic carbocycles. The fourth-order valence-electron chi connectivity index (χ4n) is 2.69. The first kappa shape index (κ1) is 22.8. The van der Waals surface area contributed by atoms with Crippen LogP contribution in [0.15, 0.2) is 41.1 Å². The van der Waals surface area contributed by atoms with E-state index in [9.17, 15) is 13.6 Å². The lowest BCUT2D eigenvalue weighted by atomic mass is 10.2. The summed E-state index contributed by atoms with van der Waals surface area (Å²) in [5, 5.41) is 25.5. The highest BCUT2D eigenvalue weighted by molar-refractivity contribution is 5.83. The van der Waals surface area contributed by atoms with E-state index < -0.39 is 24.0 Å². The Labute approximate surface area is 191 Å². The molecule has 0 atom stereocenters. The molecule has 0 unspecified atom stereocenters. The van der Waals surface area contributed by atoms with Crippen LogP contribution < -0.4 is 5.32 Å². The number of carbonyl (C=O) groups excluding carboxylic acids is 1. The Hall–Kier alpha value is -4.36. The zero-order chi connectivity index (χ0) is 24.3. The molecule has 4 aromatic heterocycles. The molecule has 14 heteroatoms. The number of nitrogens with one attached hydrogen (secondary N) is 1. The molecule has 12 nitrogen and oxygen atoms in total. The van der Waals surface area contributed by atoms with Gasteiger partial charge in [0.2, 0.25) is 0 Å². The molecule has 1 amide bonds. The van der Waals surface area contributed by atoms with Gasteiger partial charge in [0.05, 0.1) is 18.4 Å². The van der Waals surface area contributed by atoms with Crippen molar-refractivity contribution in [2.75, 3.05) is 5.32 Å². The number of hydrogen-bond acceptors (Lipinski definition) is 10. The van der Waals surface area contributed by atoms with Crippen molar-refractivity contribution in [3.63, 3.8) is 0 Å². The fraction of sp³-hybridized carbons (Fsp3) is 0.300. The minimum Gasteiger partial charge on any atom is -0.444 e. The van der Waals surface area contributed by atoms with Crippen LogP contribution in [-0.2, 0) is 11.3 Å². The number of ether oxygens (including phenoxy) is 1. The second-order valence-corrected chi connectivity index (χ2v) is 8.02. The molecular weight excluding hydrogens is 452 g/mol. The van der Waals surface area contributed by atoms with Crippen molar-refractivity contribution in [2.24, 2.45) is 0 Å². The summed E-state index contributed by atoms with van der Waals surface area (Å²) in [5.74, 6) is -0.587. The Balaban J connectivity index is 1.38. The molecule has 4 heterocycles. The topological polar surface area (TPSA) is 147 Å². The van der Waals surface area contributed by atoms with Gasteiger partial charge in [0.15, 0.2) is 0 Å². The third-order valence-corrected chi connectivity index (χ3v) is 4.12. The van der Waals surface area contributed by atoms with Gasteiger partial charge in [0.1, 0.15) is 22.8 Å². The summed E-state index contributed by atoms with van der Waals surface area (Å²) < 4.78 is 36.7. The van der Waals surface area contributed by atoms with E-state index in [0.717, 1.165) is 0 Å². The van der Waals surface area contributed by atoms with Crippen LogP contribution in [0.4, 0.5) is 19.4 Å². The van der Waals surface area contributed by atoms with Gasteiger partial charge in [0.25, 0.3) is 11.8 Å². The van der Waals surface area contributed by atoms with Crippen LogP contribution in [0.5, 0.6) is 0 Å². The number of halogens is 2. The van der Waals surface area contributed by atoms with Gasteiger partial charge >= 0.3 is 12.5 Å². The molecule has 4 aromatic rings. The van der Waals surface area contributed by atoms with Crippen molar-refractivity contribution in [3.05, 3.63) is 48.2 Å². The predicted molar refractivity (Wildman–Crippen MR) is 112 cm³/mol. The Bertz CT molecular complexity index is 1270. The normalized spacial score (nSPS) is 11.6. The Morgan fingerprint density at radius 3 is 2.53 bits per heavy atom. The zero-order valence-electron chi connectivity index (χ0n) is 18.3. The molecule has 0 spiro atoms. The van der Waals surface area contributed by atoms with Crippen molar-refractivity contribution in [3.8, 4) is 22.8 Å². The summed E-state index contributed by atoms with van der Waals surface area (Å²) in [7, 11) is 0. The summed E-state index contributed by atoms with van der Waals surface area (Å²) in [5.41, 5.74) is 1.36. The third kappa shape index (κ3) is 5.70. The minimum atomic E-state index is -2.86. The first-order chi connectivity index (χ1) is 16.2. The highest BCUT2D eigenvalue weighted by Gasteiger charge is 2.18. The maximum Gasteiger partial charge on any atom is 0.413 e. The van der Waals surface area contributed by atoms with Gasteiger partial charge in [-0.05, 0) is 45.0 Å². The molecule has 0 aromatic carbocycles. The van der Waals surface area contributed by atoms with Crippen LogP contribution in [0.3, 0.4) is 0 Å². The number of pyridine rings is 1. The van der Waals surface area contributed by atoms with Crippen LogP contribution >= 0.6 is 0 Å². The number of anilines is 1. The van der Waals surface area contributed by atoms with Crippen LogP contribution in [0.25, 0.3) is 22.8 Å². The average molecular weight is 471 g/mol. The van der Waals surface area contributed by atoms with Crippen LogP contribution in [0.1, 0.15) is 38.8 Å². The smallest absolute Gasteiger partial charge is 0.413 e. The van der Waals surface area contributed by atoms with E-state index in [1.807, 2.05) is 0 Å². The summed E-state index contributed by atoms with van der Waals surface area (Å²) in [6, 6.07) is 6.53. The van der Waals surface area contributed by atoms with Crippen molar-refractivity contribution >= 4 is 11.9 Å². The van der Waals surface area contributed by atoms with E-state index in [0.29, 0.717) is 22.8 Å². The van der Waals surface area contributed by atoms with Crippen LogP contribution in [0.2, 0.25) is 0 Å². The third-order valence-electron chi connectivity index (χ3n) is 4.12. The second kappa shape index (κ2) is 9.25. The highest BCUT2D eigenvalue weighted by Crippen LogP contribution is 2.22. The van der Waals surface area contributed by atoms with Gasteiger partial charge in [0, 0.05) is 11.8 Å². The maximum absolute atomic E-state index is 12.6. The monoisotopic (exact) mass is 471 g/mol. The number of hydrogen-bond donors (Lipinski definition) is 1. The van der Waals surface area contributed by atoms with E-state index >= 15 is 0 Å². The summed E-state index contributed by atoms with van der Waals surface area (Å²) in [4.78, 5) is 16.0. The number of rotatable bonds is 6. The van der Waals surface area contributed by atoms with Crippen molar-refractivity contribution in [1.29, 1.82) is 0 Å². The molecule has 0 bridgehead atoms. The molecule has 0 fully saturated rings. The van der Waals surface area contributed by atoms with Gasteiger partial charge < -0.3 is 9.15 Å². The Kier molecular flexibility index (Phi) is 6.21. The Morgan fingerprint density at radius 2 is 1.91 bits per heavy atom. The highest BCUT2D eigenvalue weighted by atomic mass is 19.3. The van der Waals surface area contributed by atoms with E-state index in [1.165, 1.54) is 6.07 Å². The first-order valence-electron chi connectivity index (χ1n) is 9.97. The number of amides is 1. The SMILES string of the molecule is CC(C)(C)OC(=O)Nc1ccc(-c2cn(Cc3ccc(-c4nnc(C(F)F)o4)nn3)nn2)cn1. The average Bonchev–Trinajstić information content (AvgIpc) is 3.44. The van der Waals surface area contributed by atoms with Gasteiger partial charge in [-0.3, -0.25) is 5.32 Å². The van der Waals surface area contributed by atoms with Gasteiger partial charge in [-0.1, -0.05) is 5.21 Å². The second-order valence-electron chi connectivity index (χ2n) is 8.02. The predicted octanol–water partition coefficient (Wildman–Crippen LogP) is 3.51. The fourth-order valence-corrected chi connectivity index (χ4v) is 2.69. The minimum absolute atomic E-state index is 0.144. The molecule has 34 heavy (non-hydrogen) atoms. The summed E-state index contributed by atoms with van der Waals surface area (Å²) in [6.45, 7) is 5.57. The number of nitrogens with zero attached hydrogens (tertiary/aromatic N) is 8. The van der Waals surface area contributed by atoms with E-state index in [1.54, 1.807) is 56.0 Å². The lowest BCUT2D eigenvalue weighted by molar-refractivity contribution is 0.0635. The van der Waals surface area contributed by atoms with Crippen molar-refractivity contribution in [2.45, 2.75) is 39.3 Å². The lowest BCUT2D eigenvalue weighted by Crippen LogP contribution is -2.27. The first-order valence-corrected chi connectivity index (χ1v) is 9.97. The standard InChI is InChI=1S/C20H19F2N9O3/c1-20(2,3)34-19(32)24-15-7-4-11(8-23-15)14-10-31(30-27-14)9-12-5-6-13(26-25-12)17-28-29-18(33-17)16(21)22/h4-8,10,16H,9H2,1-3H3,(H,23,24,32). The molecule has 1 N–H and O–H groups in total. The molecule has 0 saturated carbocycles. The molecule has 0 radical (unpaired) electrons. The van der Waals surface area contributed by atoms with E-state index in [2.05, 4.69) is 41.0 Å². The van der Waals surface area contributed by atoms with E-state index in [4.69, 9.17) is 9.15 Å². The number of alkyl halides is 2. The van der Waals surface area contributed by atoms with Gasteiger partial charge in [-0.2, -0.15) is 13.9 Å². The Morgan fingerprint density at radius 1 is 1.09 bits per heavy atom. The quantitative estimate of drug-likeness (QED) is 0.443. The molecule has 0 saturated heterocycles. The van der Waals surface area contributed by atoms with Crippen LogP contribution in [0, 0.1) is 0 Å². The maximum atomic E-state index is 12.6. The lowest BCUT2D eigenvalue weighted by Gasteiger charge is -2.19. The van der Waals surface area contributed by atoms with Crippen molar-refractivity contribution < 1.29 is 22.7 Å². The van der Waals surface area contributed by atoms with Crippen molar-refractivity contribution in [1.82, 2.24) is 40.4 Å². The largest absolute Gasteiger partial charge is 0.444 e. The molecular formula is C20H19F2N9O3. The molecule has 0 aliphatic rings. The van der Waals surface area contributed by atoms with E-state index in [-0.39, 0.29) is 18.1 Å². The summed E-state index contributed by atoms with van der Waals surface area (Å²) >= 11 is 0. The summed E-state index contributed by atoms with van der Waals surface area (Å²) in [6.07, 6.45) is -0.212.